The Labute approximate surface area is 124 Å². The molecule has 104 valence electrons. The van der Waals surface area contributed by atoms with Gasteiger partial charge in [-0.05, 0) is 40.2 Å². The number of carbonyl (C=O) groups is 1. The number of anilines is 1. The number of hydrogen-bond donors (Lipinski definition) is 1. The number of benzene rings is 1. The van der Waals surface area contributed by atoms with E-state index < -0.39 is 5.97 Å². The second kappa shape index (κ2) is 6.38. The lowest BCUT2D eigenvalue weighted by molar-refractivity contribution is 0.0468. The van der Waals surface area contributed by atoms with Crippen LogP contribution in [0.5, 0.6) is 5.88 Å². The van der Waals surface area contributed by atoms with Crippen LogP contribution < -0.4 is 10.5 Å². The highest BCUT2D eigenvalue weighted by atomic mass is 79.9. The molecule has 1 aromatic carbocycles. The molecule has 0 fully saturated rings. The van der Waals surface area contributed by atoms with Gasteiger partial charge < -0.3 is 15.2 Å². The Morgan fingerprint density at radius 2 is 2.15 bits per heavy atom. The smallest absolute Gasteiger partial charge is 0.339 e. The minimum absolute atomic E-state index is 0.0804. The lowest BCUT2D eigenvalue weighted by atomic mass is 10.2. The molecule has 0 amide bonds. The Morgan fingerprint density at radius 3 is 2.90 bits per heavy atom. The minimum atomic E-state index is -0.463. The van der Waals surface area contributed by atoms with Crippen molar-refractivity contribution in [1.82, 2.24) is 4.98 Å². The summed E-state index contributed by atoms with van der Waals surface area (Å²) in [6.07, 6.45) is 1.61. The molecule has 0 unspecified atom stereocenters. The van der Waals surface area contributed by atoms with Crippen molar-refractivity contribution in [1.29, 1.82) is 0 Å². The summed E-state index contributed by atoms with van der Waals surface area (Å²) in [5.74, 6) is -0.0259. The topological polar surface area (TPSA) is 74.4 Å². The molecule has 0 saturated carbocycles. The summed E-state index contributed by atoms with van der Waals surface area (Å²) < 4.78 is 10.9. The van der Waals surface area contributed by atoms with Gasteiger partial charge in [-0.2, -0.15) is 0 Å². The standard InChI is InChI=1S/C14H13BrN2O3/c1-19-13-9(4-3-7-17-13)8-20-14(18)10-5-2-6-11(16)12(10)15/h2-7H,8,16H2,1H3. The van der Waals surface area contributed by atoms with Gasteiger partial charge in [0.2, 0.25) is 5.88 Å². The Hall–Kier alpha value is -2.08. The molecule has 0 bridgehead atoms. The Bertz CT molecular complexity index is 632. The number of ether oxygens (including phenoxy) is 2. The fourth-order valence-corrected chi connectivity index (χ4v) is 2.07. The molecular weight excluding hydrogens is 324 g/mol. The zero-order valence-electron chi connectivity index (χ0n) is 10.8. The third-order valence-electron chi connectivity index (χ3n) is 2.65. The molecule has 0 saturated heterocycles. The van der Waals surface area contributed by atoms with Crippen LogP contribution in [0.1, 0.15) is 15.9 Å². The molecular formula is C14H13BrN2O3. The predicted octanol–water partition coefficient (Wildman–Crippen LogP) is 2.79. The quantitative estimate of drug-likeness (QED) is 0.686. The molecule has 5 nitrogen and oxygen atoms in total. The Morgan fingerprint density at radius 1 is 1.35 bits per heavy atom. The maximum atomic E-state index is 12.0. The van der Waals surface area contributed by atoms with Gasteiger partial charge >= 0.3 is 5.97 Å². The number of nitrogen functional groups attached to an aromatic ring is 1. The lowest BCUT2D eigenvalue weighted by Crippen LogP contribution is -2.08. The number of nitrogens with two attached hydrogens (primary N) is 1. The first-order valence-corrected chi connectivity index (χ1v) is 6.61. The number of rotatable bonds is 4. The number of esters is 1. The van der Waals surface area contributed by atoms with Gasteiger partial charge in [0, 0.05) is 11.9 Å². The van der Waals surface area contributed by atoms with Crippen LogP contribution in [0.3, 0.4) is 0 Å². The van der Waals surface area contributed by atoms with Gasteiger partial charge in [-0.3, -0.25) is 0 Å². The monoisotopic (exact) mass is 336 g/mol. The van der Waals surface area contributed by atoms with Crippen LogP contribution in [0.4, 0.5) is 5.69 Å². The van der Waals surface area contributed by atoms with Crippen molar-refractivity contribution in [2.45, 2.75) is 6.61 Å². The number of halogens is 1. The lowest BCUT2D eigenvalue weighted by Gasteiger charge is -2.09. The van der Waals surface area contributed by atoms with Crippen molar-refractivity contribution in [2.24, 2.45) is 0 Å². The van der Waals surface area contributed by atoms with Crippen LogP contribution in [-0.4, -0.2) is 18.1 Å². The van der Waals surface area contributed by atoms with Gasteiger partial charge in [-0.15, -0.1) is 0 Å². The molecule has 0 aliphatic heterocycles. The van der Waals surface area contributed by atoms with E-state index in [2.05, 4.69) is 20.9 Å². The summed E-state index contributed by atoms with van der Waals surface area (Å²) in [6, 6.07) is 8.57. The number of hydrogen-bond acceptors (Lipinski definition) is 5. The second-order valence-electron chi connectivity index (χ2n) is 3.96. The maximum Gasteiger partial charge on any atom is 0.339 e. The summed E-state index contributed by atoms with van der Waals surface area (Å²) >= 11 is 3.27. The summed E-state index contributed by atoms with van der Waals surface area (Å²) in [5, 5.41) is 0. The summed E-state index contributed by atoms with van der Waals surface area (Å²) in [4.78, 5) is 16.1. The van der Waals surface area contributed by atoms with Crippen molar-refractivity contribution in [3.8, 4) is 5.88 Å². The van der Waals surface area contributed by atoms with Crippen LogP contribution >= 0.6 is 15.9 Å². The molecule has 0 radical (unpaired) electrons. The van der Waals surface area contributed by atoms with Crippen LogP contribution in [0.15, 0.2) is 41.0 Å². The van der Waals surface area contributed by atoms with Crippen molar-refractivity contribution < 1.29 is 14.3 Å². The number of pyridine rings is 1. The molecule has 0 aliphatic rings. The molecule has 20 heavy (non-hydrogen) atoms. The van der Waals surface area contributed by atoms with E-state index in [1.54, 1.807) is 36.5 Å². The van der Waals surface area contributed by atoms with Crippen molar-refractivity contribution in [2.75, 3.05) is 12.8 Å². The van der Waals surface area contributed by atoms with E-state index >= 15 is 0 Å². The van der Waals surface area contributed by atoms with Crippen LogP contribution in [0.25, 0.3) is 0 Å². The molecule has 6 heteroatoms. The van der Waals surface area contributed by atoms with E-state index in [1.165, 1.54) is 7.11 Å². The Balaban J connectivity index is 2.11. The van der Waals surface area contributed by atoms with Gasteiger partial charge in [0.25, 0.3) is 0 Å². The minimum Gasteiger partial charge on any atom is -0.481 e. The van der Waals surface area contributed by atoms with Gasteiger partial charge in [0.1, 0.15) is 6.61 Å². The van der Waals surface area contributed by atoms with E-state index in [9.17, 15) is 4.79 Å². The second-order valence-corrected chi connectivity index (χ2v) is 4.75. The largest absolute Gasteiger partial charge is 0.481 e. The molecule has 0 spiro atoms. The molecule has 2 rings (SSSR count). The number of methoxy groups -OCH3 is 1. The molecule has 1 aromatic heterocycles. The van der Waals surface area contributed by atoms with E-state index in [0.717, 1.165) is 0 Å². The van der Waals surface area contributed by atoms with Gasteiger partial charge in [0.15, 0.2) is 0 Å². The number of nitrogens with zero attached hydrogens (tertiary/aromatic N) is 1. The zero-order valence-corrected chi connectivity index (χ0v) is 12.4. The van der Waals surface area contributed by atoms with Crippen LogP contribution in [-0.2, 0) is 11.3 Å². The van der Waals surface area contributed by atoms with Gasteiger partial charge in [-0.25, -0.2) is 9.78 Å². The average Bonchev–Trinajstić information content (AvgIpc) is 2.48. The van der Waals surface area contributed by atoms with E-state index in [1.807, 2.05) is 0 Å². The van der Waals surface area contributed by atoms with Crippen molar-refractivity contribution in [3.63, 3.8) is 0 Å². The fraction of sp³-hybridized carbons (Fsp3) is 0.143. The molecule has 2 N–H and O–H groups in total. The molecule has 0 atom stereocenters. The maximum absolute atomic E-state index is 12.0. The van der Waals surface area contributed by atoms with Crippen LogP contribution in [0, 0.1) is 0 Å². The van der Waals surface area contributed by atoms with Gasteiger partial charge in [-0.1, -0.05) is 6.07 Å². The highest BCUT2D eigenvalue weighted by molar-refractivity contribution is 9.10. The van der Waals surface area contributed by atoms with E-state index in [0.29, 0.717) is 27.2 Å². The predicted molar refractivity (Wildman–Crippen MR) is 78.5 cm³/mol. The van der Waals surface area contributed by atoms with E-state index in [4.69, 9.17) is 15.2 Å². The van der Waals surface area contributed by atoms with Crippen molar-refractivity contribution >= 4 is 27.6 Å². The third kappa shape index (κ3) is 3.08. The zero-order chi connectivity index (χ0) is 14.5. The van der Waals surface area contributed by atoms with Crippen molar-refractivity contribution in [3.05, 3.63) is 52.1 Å². The third-order valence-corrected chi connectivity index (χ3v) is 3.54. The molecule has 2 aromatic rings. The highest BCUT2D eigenvalue weighted by Crippen LogP contribution is 2.25. The first-order valence-electron chi connectivity index (χ1n) is 5.82. The highest BCUT2D eigenvalue weighted by Gasteiger charge is 2.14. The van der Waals surface area contributed by atoms with Gasteiger partial charge in [0.05, 0.1) is 22.7 Å². The average molecular weight is 337 g/mol. The molecule has 0 aliphatic carbocycles. The Kier molecular flexibility index (Phi) is 4.57. The summed E-state index contributed by atoms with van der Waals surface area (Å²) in [5.41, 5.74) is 7.29. The normalized spacial score (nSPS) is 10.1. The summed E-state index contributed by atoms with van der Waals surface area (Å²) in [7, 11) is 1.52. The first-order chi connectivity index (χ1) is 9.63. The first kappa shape index (κ1) is 14.3. The number of carbonyl (C=O) groups excluding carboxylic acids is 1. The van der Waals surface area contributed by atoms with Crippen LogP contribution in [0.2, 0.25) is 0 Å². The SMILES string of the molecule is COc1ncccc1COC(=O)c1cccc(N)c1Br. The fourth-order valence-electron chi connectivity index (χ4n) is 1.65. The molecule has 1 heterocycles. The van der Waals surface area contributed by atoms with E-state index in [-0.39, 0.29) is 6.61 Å². The summed E-state index contributed by atoms with van der Waals surface area (Å²) in [6.45, 7) is 0.0804. The number of aromatic nitrogens is 1.